The third-order valence-corrected chi connectivity index (χ3v) is 6.19. The zero-order chi connectivity index (χ0) is 20.3. The summed E-state index contributed by atoms with van der Waals surface area (Å²) in [7, 11) is -3.62. The van der Waals surface area contributed by atoms with Crippen molar-refractivity contribution < 1.29 is 13.2 Å². The van der Waals surface area contributed by atoms with E-state index < -0.39 is 16.1 Å². The Bertz CT molecular complexity index is 936. The maximum absolute atomic E-state index is 12.8. The Hall–Kier alpha value is -2.54. The number of hydrogen-bond acceptors (Lipinski definition) is 4. The molecule has 0 aliphatic carbocycles. The molecule has 7 heteroatoms. The smallest absolute Gasteiger partial charge is 0.247 e. The van der Waals surface area contributed by atoms with Gasteiger partial charge in [-0.05, 0) is 68.7 Å². The van der Waals surface area contributed by atoms with Gasteiger partial charge in [0, 0.05) is 24.5 Å². The number of amides is 1. The number of rotatable bonds is 6. The minimum absolute atomic E-state index is 0.374. The van der Waals surface area contributed by atoms with Gasteiger partial charge in [0.25, 0.3) is 0 Å². The lowest BCUT2D eigenvalue weighted by Gasteiger charge is -2.28. The van der Waals surface area contributed by atoms with E-state index in [1.807, 2.05) is 37.3 Å². The molecule has 1 fully saturated rings. The maximum atomic E-state index is 12.8. The number of anilines is 3. The molecule has 2 aromatic rings. The zero-order valence-electron chi connectivity index (χ0n) is 16.6. The van der Waals surface area contributed by atoms with E-state index in [4.69, 9.17) is 0 Å². The first kappa shape index (κ1) is 20.2. The largest absolute Gasteiger partial charge is 0.372 e. The summed E-state index contributed by atoms with van der Waals surface area (Å²) in [6.07, 6.45) is 3.52. The van der Waals surface area contributed by atoms with Crippen molar-refractivity contribution in [2.45, 2.75) is 32.7 Å². The fourth-order valence-corrected chi connectivity index (χ4v) is 4.72. The van der Waals surface area contributed by atoms with Crippen molar-refractivity contribution in [3.63, 3.8) is 0 Å². The lowest BCUT2D eigenvalue weighted by molar-refractivity contribution is -0.116. The number of nitrogens with one attached hydrogen (secondary N) is 1. The van der Waals surface area contributed by atoms with E-state index in [-0.39, 0.29) is 5.91 Å². The van der Waals surface area contributed by atoms with Gasteiger partial charge in [-0.2, -0.15) is 0 Å². The molecule has 1 N–H and O–H groups in total. The van der Waals surface area contributed by atoms with Crippen molar-refractivity contribution in [2.24, 2.45) is 0 Å². The number of carbonyl (C=O) groups is 1. The number of hydrogen-bond donors (Lipinski definition) is 1. The third kappa shape index (κ3) is 4.65. The molecule has 28 heavy (non-hydrogen) atoms. The van der Waals surface area contributed by atoms with Crippen molar-refractivity contribution in [1.29, 1.82) is 0 Å². The number of nitrogens with zero attached hydrogens (tertiary/aromatic N) is 2. The van der Waals surface area contributed by atoms with E-state index in [9.17, 15) is 13.2 Å². The second-order valence-electron chi connectivity index (χ2n) is 7.30. The van der Waals surface area contributed by atoms with Gasteiger partial charge in [-0.3, -0.25) is 9.10 Å². The molecule has 1 amide bonds. The molecule has 0 radical (unpaired) electrons. The molecule has 0 saturated carbocycles. The van der Waals surface area contributed by atoms with Gasteiger partial charge >= 0.3 is 0 Å². The van der Waals surface area contributed by atoms with Crippen molar-refractivity contribution >= 4 is 33.0 Å². The Labute approximate surface area is 167 Å². The van der Waals surface area contributed by atoms with Crippen LogP contribution in [0.1, 0.15) is 25.3 Å². The minimum Gasteiger partial charge on any atom is -0.372 e. The molecule has 1 atom stereocenters. The van der Waals surface area contributed by atoms with Crippen LogP contribution in [0, 0.1) is 6.92 Å². The molecule has 1 aliphatic rings. The van der Waals surface area contributed by atoms with E-state index in [1.54, 1.807) is 25.1 Å². The molecule has 1 saturated heterocycles. The van der Waals surface area contributed by atoms with E-state index in [1.165, 1.54) is 12.8 Å². The van der Waals surface area contributed by atoms with Gasteiger partial charge < -0.3 is 10.2 Å². The lowest BCUT2D eigenvalue weighted by Crippen LogP contribution is -2.45. The van der Waals surface area contributed by atoms with Crippen molar-refractivity contribution in [3.8, 4) is 0 Å². The van der Waals surface area contributed by atoms with Crippen LogP contribution in [0.4, 0.5) is 17.1 Å². The van der Waals surface area contributed by atoms with Gasteiger partial charge in [0.1, 0.15) is 6.04 Å². The summed E-state index contributed by atoms with van der Waals surface area (Å²) in [5.41, 5.74) is 3.20. The highest BCUT2D eigenvalue weighted by Crippen LogP contribution is 2.24. The maximum Gasteiger partial charge on any atom is 0.247 e. The lowest BCUT2D eigenvalue weighted by atomic mass is 10.2. The van der Waals surface area contributed by atoms with Crippen LogP contribution < -0.4 is 14.5 Å². The van der Waals surface area contributed by atoms with E-state index >= 15 is 0 Å². The molecule has 1 unspecified atom stereocenters. The number of sulfonamides is 1. The molecular formula is C21H27N3O3S. The molecule has 1 aliphatic heterocycles. The Morgan fingerprint density at radius 2 is 1.75 bits per heavy atom. The molecule has 1 heterocycles. The standard InChI is InChI=1S/C21H27N3O3S/c1-16-7-6-8-20(15-16)24(28(3,26)27)17(2)21(25)22-18-9-11-19(12-10-18)23-13-4-5-14-23/h6-12,15,17H,4-5,13-14H2,1-3H3,(H,22,25). The topological polar surface area (TPSA) is 69.7 Å². The second kappa shape index (κ2) is 8.22. The number of benzene rings is 2. The molecule has 2 aromatic carbocycles. The van der Waals surface area contributed by atoms with Gasteiger partial charge in [0.2, 0.25) is 15.9 Å². The monoisotopic (exact) mass is 401 g/mol. The first-order valence-electron chi connectivity index (χ1n) is 9.47. The van der Waals surface area contributed by atoms with E-state index in [0.29, 0.717) is 11.4 Å². The first-order chi connectivity index (χ1) is 13.3. The Kier molecular flexibility index (Phi) is 5.93. The third-order valence-electron chi connectivity index (χ3n) is 4.95. The van der Waals surface area contributed by atoms with Gasteiger partial charge in [0.05, 0.1) is 11.9 Å². The van der Waals surface area contributed by atoms with Crippen LogP contribution in [0.15, 0.2) is 48.5 Å². The normalized spacial score (nSPS) is 15.3. The summed E-state index contributed by atoms with van der Waals surface area (Å²) >= 11 is 0. The highest BCUT2D eigenvalue weighted by Gasteiger charge is 2.29. The molecule has 0 aromatic heterocycles. The Balaban J connectivity index is 1.76. The highest BCUT2D eigenvalue weighted by atomic mass is 32.2. The van der Waals surface area contributed by atoms with Gasteiger partial charge in [0.15, 0.2) is 0 Å². The summed E-state index contributed by atoms with van der Waals surface area (Å²) < 4.78 is 25.9. The van der Waals surface area contributed by atoms with Gasteiger partial charge in [-0.15, -0.1) is 0 Å². The van der Waals surface area contributed by atoms with E-state index in [2.05, 4.69) is 10.2 Å². The molecule has 3 rings (SSSR count). The first-order valence-corrected chi connectivity index (χ1v) is 11.3. The van der Waals surface area contributed by atoms with Crippen molar-refractivity contribution in [2.75, 3.05) is 33.9 Å². The number of aryl methyl sites for hydroxylation is 1. The zero-order valence-corrected chi connectivity index (χ0v) is 17.4. The van der Waals surface area contributed by atoms with Crippen molar-refractivity contribution in [1.82, 2.24) is 0 Å². The van der Waals surface area contributed by atoms with Gasteiger partial charge in [-0.25, -0.2) is 8.42 Å². The fourth-order valence-electron chi connectivity index (χ4n) is 3.55. The quantitative estimate of drug-likeness (QED) is 0.806. The van der Waals surface area contributed by atoms with Crippen LogP contribution in [-0.4, -0.2) is 39.7 Å². The van der Waals surface area contributed by atoms with Crippen LogP contribution in [0.5, 0.6) is 0 Å². The van der Waals surface area contributed by atoms with Crippen LogP contribution >= 0.6 is 0 Å². The van der Waals surface area contributed by atoms with Crippen LogP contribution in [-0.2, 0) is 14.8 Å². The Morgan fingerprint density at radius 1 is 1.11 bits per heavy atom. The summed E-state index contributed by atoms with van der Waals surface area (Å²) in [4.78, 5) is 15.1. The molecule has 0 bridgehead atoms. The SMILES string of the molecule is Cc1cccc(N(C(C)C(=O)Nc2ccc(N3CCCC3)cc2)S(C)(=O)=O)c1. The molecule has 150 valence electrons. The van der Waals surface area contributed by atoms with Crippen molar-refractivity contribution in [3.05, 3.63) is 54.1 Å². The predicted molar refractivity (Wildman–Crippen MR) is 114 cm³/mol. The van der Waals surface area contributed by atoms with Crippen LogP contribution in [0.3, 0.4) is 0 Å². The molecular weight excluding hydrogens is 374 g/mol. The average molecular weight is 402 g/mol. The Morgan fingerprint density at radius 3 is 2.32 bits per heavy atom. The summed E-state index contributed by atoms with van der Waals surface area (Å²) in [5, 5.41) is 2.83. The van der Waals surface area contributed by atoms with Crippen LogP contribution in [0.25, 0.3) is 0 Å². The number of carbonyl (C=O) groups excluding carboxylic acids is 1. The fraction of sp³-hybridized carbons (Fsp3) is 0.381. The second-order valence-corrected chi connectivity index (χ2v) is 9.16. The van der Waals surface area contributed by atoms with Gasteiger partial charge in [-0.1, -0.05) is 12.1 Å². The van der Waals surface area contributed by atoms with Crippen LogP contribution in [0.2, 0.25) is 0 Å². The highest BCUT2D eigenvalue weighted by molar-refractivity contribution is 7.92. The molecule has 6 nitrogen and oxygen atoms in total. The summed E-state index contributed by atoms with van der Waals surface area (Å²) in [6.45, 7) is 5.60. The van der Waals surface area contributed by atoms with E-state index in [0.717, 1.165) is 34.9 Å². The summed E-state index contributed by atoms with van der Waals surface area (Å²) in [6, 6.07) is 13.9. The minimum atomic E-state index is -3.62. The molecule has 0 spiro atoms. The average Bonchev–Trinajstić information content (AvgIpc) is 3.16. The predicted octanol–water partition coefficient (Wildman–Crippen LogP) is 3.39. The summed E-state index contributed by atoms with van der Waals surface area (Å²) in [5.74, 6) is -0.374.